The van der Waals surface area contributed by atoms with E-state index in [0.29, 0.717) is 16.9 Å². The number of hydrogen-bond acceptors (Lipinski definition) is 6. The van der Waals surface area contributed by atoms with E-state index in [4.69, 9.17) is 0 Å². The highest BCUT2D eigenvalue weighted by Gasteiger charge is 2.36. The van der Waals surface area contributed by atoms with Crippen LogP contribution in [0.15, 0.2) is 33.7 Å². The van der Waals surface area contributed by atoms with Crippen molar-refractivity contribution in [2.75, 3.05) is 24.5 Å². The van der Waals surface area contributed by atoms with Crippen molar-refractivity contribution in [2.45, 2.75) is 39.7 Å². The van der Waals surface area contributed by atoms with Crippen molar-refractivity contribution in [1.82, 2.24) is 14.5 Å². The Morgan fingerprint density at radius 3 is 2.58 bits per heavy atom. The molecule has 2 aromatic heterocycles. The molecule has 1 aromatic carbocycles. The molecule has 0 aliphatic carbocycles. The molecule has 0 spiro atoms. The number of nitrogens with zero attached hydrogens (tertiary/aromatic N) is 5. The molecule has 3 heterocycles. The summed E-state index contributed by atoms with van der Waals surface area (Å²) in [6, 6.07) is 3.83. The van der Waals surface area contributed by atoms with Crippen molar-refractivity contribution in [1.29, 1.82) is 0 Å². The quantitative estimate of drug-likeness (QED) is 0.358. The minimum Gasteiger partial charge on any atom is -0.465 e. The molecule has 0 bridgehead atoms. The maximum absolute atomic E-state index is 14.9. The molecule has 1 fully saturated rings. The van der Waals surface area contributed by atoms with Gasteiger partial charge in [-0.1, -0.05) is 13.8 Å². The van der Waals surface area contributed by atoms with Gasteiger partial charge < -0.3 is 14.9 Å². The van der Waals surface area contributed by atoms with Gasteiger partial charge in [0.25, 0.3) is 0 Å². The van der Waals surface area contributed by atoms with Crippen molar-refractivity contribution < 1.29 is 19.2 Å². The lowest BCUT2D eigenvalue weighted by Crippen LogP contribution is -2.54. The molecule has 0 radical (unpaired) electrons. The van der Waals surface area contributed by atoms with E-state index in [1.165, 1.54) is 21.6 Å². The zero-order valence-corrected chi connectivity index (χ0v) is 21.7. The van der Waals surface area contributed by atoms with E-state index in [1.54, 1.807) is 31.0 Å². The second-order valence-corrected chi connectivity index (χ2v) is 10.0. The lowest BCUT2D eigenvalue weighted by atomic mass is 10.0. The van der Waals surface area contributed by atoms with E-state index in [-0.39, 0.29) is 46.6 Å². The molecule has 10 nitrogen and oxygen atoms in total. The summed E-state index contributed by atoms with van der Waals surface area (Å²) in [6.07, 6.45) is 0.517. The molecule has 1 aliphatic heterocycles. The third-order valence-corrected chi connectivity index (χ3v) is 7.06. The first kappa shape index (κ1) is 25.5. The highest BCUT2D eigenvalue weighted by molar-refractivity contribution is 9.10. The first-order chi connectivity index (χ1) is 16.9. The number of fused-ring (bicyclic) bond motifs is 1. The summed E-state index contributed by atoms with van der Waals surface area (Å²) in [7, 11) is 0. The average molecular weight is 562 g/mol. The van der Waals surface area contributed by atoms with Gasteiger partial charge in [0.05, 0.1) is 26.3 Å². The van der Waals surface area contributed by atoms with Crippen LogP contribution in [0.1, 0.15) is 37.9 Å². The Hall–Kier alpha value is -3.54. The van der Waals surface area contributed by atoms with Crippen LogP contribution < -0.4 is 10.5 Å². The SMILES string of the molecule is Cc1ccnc(C(C)C)c1-n1c(=O)c([N+](=O)[O-])c(N2CCN(C(=O)O)C[C@@H]2C)c2cc(F)c(Br)cc21. The third kappa shape index (κ3) is 4.19. The molecule has 1 aliphatic rings. The molecule has 190 valence electrons. The van der Waals surface area contributed by atoms with Gasteiger partial charge in [-0.3, -0.25) is 24.5 Å². The zero-order valence-electron chi connectivity index (χ0n) is 20.2. The monoisotopic (exact) mass is 561 g/mol. The Labute approximate surface area is 214 Å². The number of pyridine rings is 2. The van der Waals surface area contributed by atoms with Gasteiger partial charge in [0.15, 0.2) is 0 Å². The molecule has 1 amide bonds. The van der Waals surface area contributed by atoms with Crippen molar-refractivity contribution >= 4 is 44.3 Å². The van der Waals surface area contributed by atoms with Crippen LogP contribution in [0.4, 0.5) is 20.6 Å². The van der Waals surface area contributed by atoms with E-state index in [2.05, 4.69) is 20.9 Å². The van der Waals surface area contributed by atoms with Gasteiger partial charge in [-0.2, -0.15) is 0 Å². The van der Waals surface area contributed by atoms with Gasteiger partial charge in [0.2, 0.25) is 0 Å². The number of rotatable bonds is 4. The summed E-state index contributed by atoms with van der Waals surface area (Å²) < 4.78 is 16.2. The highest BCUT2D eigenvalue weighted by Crippen LogP contribution is 2.39. The van der Waals surface area contributed by atoms with E-state index in [1.807, 2.05) is 13.8 Å². The topological polar surface area (TPSA) is 122 Å². The first-order valence-corrected chi connectivity index (χ1v) is 12.2. The summed E-state index contributed by atoms with van der Waals surface area (Å²) in [5.74, 6) is -0.749. The fourth-order valence-corrected chi connectivity index (χ4v) is 5.11. The standard InChI is InChI=1S/C24H25BrFN5O5/c1-12(2)19-20(13(3)5-6-27-19)30-18-10-16(25)17(26)9-15(18)21(22(23(30)32)31(35)36)29-8-7-28(24(33)34)11-14(29)4/h5-6,9-10,12,14H,7-8,11H2,1-4H3,(H,33,34)/t14-/m0/s1. The minimum atomic E-state index is -1.10. The molecule has 36 heavy (non-hydrogen) atoms. The summed E-state index contributed by atoms with van der Waals surface area (Å²) in [4.78, 5) is 44.3. The third-order valence-electron chi connectivity index (χ3n) is 6.46. The van der Waals surface area contributed by atoms with Gasteiger partial charge in [0, 0.05) is 37.3 Å². The average Bonchev–Trinajstić information content (AvgIpc) is 2.80. The molecular weight excluding hydrogens is 537 g/mol. The normalized spacial score (nSPS) is 16.1. The first-order valence-electron chi connectivity index (χ1n) is 11.4. The number of hydrogen-bond donors (Lipinski definition) is 1. The fourth-order valence-electron chi connectivity index (χ4n) is 4.78. The number of amides is 1. The van der Waals surface area contributed by atoms with Crippen LogP contribution in [0.3, 0.4) is 0 Å². The Morgan fingerprint density at radius 2 is 2.00 bits per heavy atom. The number of carbonyl (C=O) groups is 1. The summed E-state index contributed by atoms with van der Waals surface area (Å²) in [5.41, 5.74) is 0.365. The van der Waals surface area contributed by atoms with Crippen molar-refractivity contribution in [3.05, 3.63) is 66.4 Å². The number of nitro groups is 1. The van der Waals surface area contributed by atoms with Crippen molar-refractivity contribution in [2.24, 2.45) is 0 Å². The molecule has 1 atom stereocenters. The second-order valence-electron chi connectivity index (χ2n) is 9.17. The van der Waals surface area contributed by atoms with Crippen molar-refractivity contribution in [3.63, 3.8) is 0 Å². The summed E-state index contributed by atoms with van der Waals surface area (Å²) in [6.45, 7) is 7.57. The van der Waals surface area contributed by atoms with E-state index in [9.17, 15) is 29.2 Å². The van der Waals surface area contributed by atoms with Crippen LogP contribution in [-0.4, -0.2) is 56.3 Å². The van der Waals surface area contributed by atoms with Gasteiger partial charge in [-0.05, 0) is 59.5 Å². The Balaban J connectivity index is 2.14. The molecule has 1 saturated heterocycles. The van der Waals surface area contributed by atoms with Gasteiger partial charge in [-0.15, -0.1) is 0 Å². The number of aryl methyl sites for hydroxylation is 1. The lowest BCUT2D eigenvalue weighted by molar-refractivity contribution is -0.385. The smallest absolute Gasteiger partial charge is 0.407 e. The van der Waals surface area contributed by atoms with Gasteiger partial charge >= 0.3 is 17.3 Å². The predicted octanol–water partition coefficient (Wildman–Crippen LogP) is 4.82. The summed E-state index contributed by atoms with van der Waals surface area (Å²) >= 11 is 3.19. The second kappa shape index (κ2) is 9.49. The largest absolute Gasteiger partial charge is 0.465 e. The fraction of sp³-hybridized carbons (Fsp3) is 0.375. The highest BCUT2D eigenvalue weighted by atomic mass is 79.9. The Kier molecular flexibility index (Phi) is 6.74. The van der Waals surface area contributed by atoms with Crippen LogP contribution in [-0.2, 0) is 0 Å². The Morgan fingerprint density at radius 1 is 1.31 bits per heavy atom. The number of piperazine rings is 1. The van der Waals surface area contributed by atoms with Gasteiger partial charge in [-0.25, -0.2) is 9.18 Å². The van der Waals surface area contributed by atoms with E-state index >= 15 is 0 Å². The molecule has 4 rings (SSSR count). The number of halogens is 2. The van der Waals surface area contributed by atoms with Crippen LogP contribution in [0.5, 0.6) is 0 Å². The molecule has 1 N–H and O–H groups in total. The maximum Gasteiger partial charge on any atom is 0.407 e. The number of carboxylic acid groups (broad SMARTS) is 1. The molecule has 3 aromatic rings. The number of aromatic nitrogens is 2. The molecule has 12 heteroatoms. The number of benzene rings is 1. The Bertz CT molecular complexity index is 1460. The van der Waals surface area contributed by atoms with E-state index in [0.717, 1.165) is 0 Å². The van der Waals surface area contributed by atoms with Crippen LogP contribution >= 0.6 is 15.9 Å². The minimum absolute atomic E-state index is 0.0205. The van der Waals surface area contributed by atoms with Gasteiger partial charge in [0.1, 0.15) is 11.5 Å². The van der Waals surface area contributed by atoms with Crippen LogP contribution in [0.25, 0.3) is 16.6 Å². The predicted molar refractivity (Wildman–Crippen MR) is 137 cm³/mol. The summed E-state index contributed by atoms with van der Waals surface area (Å²) in [5, 5.41) is 21.9. The zero-order chi connectivity index (χ0) is 26.5. The molecule has 0 unspecified atom stereocenters. The van der Waals surface area contributed by atoms with Crippen LogP contribution in [0, 0.1) is 22.9 Å². The lowest BCUT2D eigenvalue weighted by Gasteiger charge is -2.40. The van der Waals surface area contributed by atoms with Crippen LogP contribution in [0.2, 0.25) is 0 Å². The van der Waals surface area contributed by atoms with Crippen molar-refractivity contribution in [3.8, 4) is 5.69 Å². The number of anilines is 1. The molecular formula is C24H25BrFN5O5. The van der Waals surface area contributed by atoms with E-state index < -0.39 is 34.1 Å². The molecule has 0 saturated carbocycles. The maximum atomic E-state index is 14.9.